The van der Waals surface area contributed by atoms with Crippen LogP contribution in [0.4, 0.5) is 0 Å². The van der Waals surface area contributed by atoms with E-state index in [4.69, 9.17) is 4.74 Å². The Morgan fingerprint density at radius 2 is 1.59 bits per heavy atom. The van der Waals surface area contributed by atoms with Gasteiger partial charge in [0.15, 0.2) is 28.7 Å². The fraction of sp³-hybridized carbons (Fsp3) is 0.514. The summed E-state index contributed by atoms with van der Waals surface area (Å²) in [6, 6.07) is 10.3. The molecule has 9 heteroatoms. The third kappa shape index (κ3) is 4.86. The van der Waals surface area contributed by atoms with Gasteiger partial charge in [0.1, 0.15) is 17.5 Å². The molecule has 3 unspecified atom stereocenters. The number of carbonyl (C=O) groups is 6. The molecule has 3 aliphatic rings. The molecule has 0 aromatic heterocycles. The Labute approximate surface area is 268 Å². The van der Waals surface area contributed by atoms with Gasteiger partial charge in [-0.1, -0.05) is 71.9 Å². The van der Waals surface area contributed by atoms with E-state index in [1.54, 1.807) is 45.9 Å². The Morgan fingerprint density at radius 1 is 0.957 bits per heavy atom. The molecule has 2 fully saturated rings. The van der Waals surface area contributed by atoms with Crippen LogP contribution >= 0.6 is 0 Å². The summed E-state index contributed by atoms with van der Waals surface area (Å²) in [6.45, 7) is 12.2. The van der Waals surface area contributed by atoms with E-state index in [1.807, 2.05) is 26.0 Å². The van der Waals surface area contributed by atoms with E-state index in [0.29, 0.717) is 17.7 Å². The first-order chi connectivity index (χ1) is 21.4. The van der Waals surface area contributed by atoms with Gasteiger partial charge in [0.05, 0.1) is 24.5 Å². The molecule has 5 rings (SSSR count). The molecule has 244 valence electrons. The number of hydrogen-bond acceptors (Lipinski definition) is 9. The quantitative estimate of drug-likeness (QED) is 0.333. The highest BCUT2D eigenvalue weighted by atomic mass is 16.5. The number of esters is 1. The van der Waals surface area contributed by atoms with Gasteiger partial charge in [0.2, 0.25) is 0 Å². The van der Waals surface area contributed by atoms with Crippen LogP contribution in [0.25, 0.3) is 11.1 Å². The minimum absolute atomic E-state index is 0.0183. The number of carbonyl (C=O) groups excluding carboxylic acids is 6. The van der Waals surface area contributed by atoms with E-state index in [0.717, 1.165) is 18.1 Å². The second kappa shape index (κ2) is 11.4. The number of fused-ring (bicyclic) bond motifs is 3. The predicted octanol–water partition coefficient (Wildman–Crippen LogP) is 4.50. The zero-order valence-electron chi connectivity index (χ0n) is 27.4. The first kappa shape index (κ1) is 33.4. The van der Waals surface area contributed by atoms with Crippen molar-refractivity contribution in [2.75, 3.05) is 6.61 Å². The Bertz CT molecular complexity index is 1670. The summed E-state index contributed by atoms with van der Waals surface area (Å²) in [5.74, 6) is -9.37. The van der Waals surface area contributed by atoms with Crippen molar-refractivity contribution in [1.82, 2.24) is 0 Å². The molecule has 0 spiro atoms. The van der Waals surface area contributed by atoms with Crippen molar-refractivity contribution in [3.63, 3.8) is 0 Å². The molecule has 0 aliphatic heterocycles. The van der Waals surface area contributed by atoms with Gasteiger partial charge in [-0.15, -0.1) is 0 Å². The van der Waals surface area contributed by atoms with E-state index >= 15 is 0 Å². The zero-order chi connectivity index (χ0) is 34.1. The summed E-state index contributed by atoms with van der Waals surface area (Å²) < 4.78 is 5.29. The van der Waals surface area contributed by atoms with Crippen LogP contribution in [0.3, 0.4) is 0 Å². The van der Waals surface area contributed by atoms with Crippen LogP contribution < -0.4 is 0 Å². The van der Waals surface area contributed by atoms with Crippen LogP contribution in [0.2, 0.25) is 0 Å². The Balaban J connectivity index is 1.59. The number of hydrogen-bond donors (Lipinski definition) is 2. The molecule has 2 N–H and O–H groups in total. The minimum Gasteiger partial charge on any atom is -0.507 e. The Hall–Kier alpha value is -3.98. The van der Waals surface area contributed by atoms with Gasteiger partial charge in [-0.3, -0.25) is 28.8 Å². The molecule has 3 aliphatic carbocycles. The van der Waals surface area contributed by atoms with Gasteiger partial charge < -0.3 is 14.9 Å². The van der Waals surface area contributed by atoms with Crippen molar-refractivity contribution in [2.24, 2.45) is 40.4 Å². The molecule has 2 aromatic rings. The molecule has 46 heavy (non-hydrogen) atoms. The third-order valence-corrected chi connectivity index (χ3v) is 10.5. The maximum atomic E-state index is 14.4. The molecular weight excluding hydrogens is 588 g/mol. The van der Waals surface area contributed by atoms with Crippen LogP contribution in [0.15, 0.2) is 36.4 Å². The van der Waals surface area contributed by atoms with E-state index in [-0.39, 0.29) is 42.5 Å². The van der Waals surface area contributed by atoms with Crippen LogP contribution in [0, 0.1) is 40.4 Å². The van der Waals surface area contributed by atoms with E-state index in [1.165, 1.54) is 6.07 Å². The van der Waals surface area contributed by atoms with Crippen LogP contribution in [-0.4, -0.2) is 57.3 Å². The first-order valence-electron chi connectivity index (χ1n) is 15.9. The van der Waals surface area contributed by atoms with Gasteiger partial charge in [-0.25, -0.2) is 0 Å². The summed E-state index contributed by atoms with van der Waals surface area (Å²) in [7, 11) is 0. The van der Waals surface area contributed by atoms with E-state index in [9.17, 15) is 39.0 Å². The Morgan fingerprint density at radius 3 is 2.15 bits per heavy atom. The maximum Gasteiger partial charge on any atom is 0.310 e. The molecule has 2 saturated carbocycles. The van der Waals surface area contributed by atoms with Crippen molar-refractivity contribution < 1.29 is 43.7 Å². The fourth-order valence-electron chi connectivity index (χ4n) is 8.69. The average Bonchev–Trinajstić information content (AvgIpc) is 2.94. The lowest BCUT2D eigenvalue weighted by Gasteiger charge is -2.61. The van der Waals surface area contributed by atoms with E-state index < -0.39 is 69.0 Å². The van der Waals surface area contributed by atoms with E-state index in [2.05, 4.69) is 0 Å². The highest BCUT2D eigenvalue weighted by Crippen LogP contribution is 2.64. The first-order valence-corrected chi connectivity index (χ1v) is 15.9. The number of ketones is 5. The largest absolute Gasteiger partial charge is 0.507 e. The fourth-order valence-corrected chi connectivity index (χ4v) is 8.69. The molecule has 0 heterocycles. The highest BCUT2D eigenvalue weighted by Gasteiger charge is 2.76. The summed E-state index contributed by atoms with van der Waals surface area (Å²) >= 11 is 0. The molecule has 9 nitrogen and oxygen atoms in total. The van der Waals surface area contributed by atoms with Crippen molar-refractivity contribution in [2.45, 2.75) is 73.3 Å². The normalized spacial score (nSPS) is 30.6. The van der Waals surface area contributed by atoms with Crippen molar-refractivity contribution in [3.05, 3.63) is 53.1 Å². The number of rotatable bonds is 7. The smallest absolute Gasteiger partial charge is 0.310 e. The van der Waals surface area contributed by atoms with Crippen LogP contribution in [-0.2, 0) is 41.6 Å². The van der Waals surface area contributed by atoms with Crippen molar-refractivity contribution >= 4 is 34.9 Å². The summed E-state index contributed by atoms with van der Waals surface area (Å²) in [6.07, 6.45) is 0.226. The third-order valence-electron chi connectivity index (χ3n) is 10.5. The van der Waals surface area contributed by atoms with Crippen molar-refractivity contribution in [1.29, 1.82) is 0 Å². The van der Waals surface area contributed by atoms with Gasteiger partial charge in [0, 0.05) is 11.3 Å². The number of aliphatic hydroxyl groups is 1. The van der Waals surface area contributed by atoms with Gasteiger partial charge in [-0.2, -0.15) is 0 Å². The van der Waals surface area contributed by atoms with Crippen LogP contribution in [0.5, 0.6) is 5.75 Å². The SMILES string of the molecule is CC(=O)C1C(=O)C(C(C)C)[C@@]2(C)C[C@@]3(C)Cc4c(-c5ccc(CC(=O)OCC(C)C)cc5)ccc(O)c4C(=O)C3C(=O)[C@@]2(O)C1=O. The second-order valence-corrected chi connectivity index (χ2v) is 14.8. The zero-order valence-corrected chi connectivity index (χ0v) is 27.4. The monoisotopic (exact) mass is 630 g/mol. The number of phenols is 1. The molecule has 2 aromatic carbocycles. The number of aromatic hydroxyl groups is 1. The summed E-state index contributed by atoms with van der Waals surface area (Å²) in [5, 5.41) is 23.1. The predicted molar refractivity (Wildman–Crippen MR) is 168 cm³/mol. The maximum absolute atomic E-state index is 14.4. The summed E-state index contributed by atoms with van der Waals surface area (Å²) in [5.41, 5.74) is -2.85. The number of ether oxygens (including phenoxy) is 1. The molecule has 0 saturated heterocycles. The number of benzene rings is 2. The number of Topliss-reactive ketones (excluding diaryl/α,β-unsaturated/α-hetero) is 5. The molecule has 0 radical (unpaired) electrons. The topological polar surface area (TPSA) is 152 Å². The lowest BCUT2D eigenvalue weighted by Crippen LogP contribution is -2.76. The molecular formula is C37H42O9. The van der Waals surface area contributed by atoms with Gasteiger partial charge in [0.25, 0.3) is 0 Å². The minimum atomic E-state index is -2.73. The lowest BCUT2D eigenvalue weighted by atomic mass is 9.40. The average molecular weight is 631 g/mol. The Kier molecular flexibility index (Phi) is 8.25. The van der Waals surface area contributed by atoms with Crippen molar-refractivity contribution in [3.8, 4) is 16.9 Å². The molecule has 0 bridgehead atoms. The highest BCUT2D eigenvalue weighted by molar-refractivity contribution is 6.32. The molecule has 0 amide bonds. The number of phenolic OH excluding ortho intramolecular Hbond substituents is 1. The lowest BCUT2D eigenvalue weighted by molar-refractivity contribution is -0.205. The second-order valence-electron chi connectivity index (χ2n) is 14.8. The van der Waals surface area contributed by atoms with Gasteiger partial charge >= 0.3 is 5.97 Å². The summed E-state index contributed by atoms with van der Waals surface area (Å²) in [4.78, 5) is 81.0. The molecule has 6 atom stereocenters. The van der Waals surface area contributed by atoms with Gasteiger partial charge in [-0.05, 0) is 65.3 Å². The standard InChI is InChI=1S/C37H42O9/c1-18(2)16-46-26(40)14-21-8-10-22(11-9-21)23-12-13-25(39)28-24(23)15-35(6)17-36(7)29(19(3)4)31(41)27(20(5)38)33(43)37(36,45)34(44)30(35)32(28)42/h8-13,18-19,27,29-30,39,45H,14-17H2,1-7H3/t27?,29?,30?,35-,36-,37+/m1/s1. The van der Waals surface area contributed by atoms with Crippen LogP contribution in [0.1, 0.15) is 76.4 Å².